The summed E-state index contributed by atoms with van der Waals surface area (Å²) in [5.74, 6) is 0.397. The number of carbonyl (C=O) groups is 1. The standard InChI is InChI=1S/C19H20BrClF2N2O5S/c1-28-12-4-3-10(13(5-12)29-2)7-25(8-11(26)6-21)18(27)16-14-15(17(20)31-16)30-19(22,23)9-24-14/h3-5,11,24,26H,6-9H2,1-2H3/t11-/m0/s1. The Morgan fingerprint density at radius 3 is 2.84 bits per heavy atom. The fraction of sp³-hybridized carbons (Fsp3) is 0.421. The number of benzene rings is 1. The van der Waals surface area contributed by atoms with Crippen LogP contribution in [-0.2, 0) is 6.54 Å². The second-order valence-corrected chi connectivity index (χ2v) is 9.32. The van der Waals surface area contributed by atoms with Crippen molar-refractivity contribution in [2.45, 2.75) is 18.8 Å². The normalized spacial score (nSPS) is 15.3. The maximum atomic E-state index is 13.6. The monoisotopic (exact) mass is 540 g/mol. The summed E-state index contributed by atoms with van der Waals surface area (Å²) in [6.45, 7) is -0.750. The molecule has 0 saturated carbocycles. The van der Waals surface area contributed by atoms with Crippen molar-refractivity contribution in [3.63, 3.8) is 0 Å². The molecule has 1 aliphatic heterocycles. The molecule has 3 rings (SSSR count). The first kappa shape index (κ1) is 23.8. The van der Waals surface area contributed by atoms with Gasteiger partial charge in [-0.25, -0.2) is 0 Å². The van der Waals surface area contributed by atoms with E-state index in [2.05, 4.69) is 21.2 Å². The van der Waals surface area contributed by atoms with E-state index in [1.165, 1.54) is 19.1 Å². The predicted molar refractivity (Wildman–Crippen MR) is 117 cm³/mol. The summed E-state index contributed by atoms with van der Waals surface area (Å²) >= 11 is 9.90. The molecule has 0 spiro atoms. The van der Waals surface area contributed by atoms with Crippen LogP contribution >= 0.6 is 38.9 Å². The number of hydrogen-bond acceptors (Lipinski definition) is 7. The number of nitrogens with zero attached hydrogens (tertiary/aromatic N) is 1. The molecule has 2 aromatic rings. The lowest BCUT2D eigenvalue weighted by molar-refractivity contribution is -0.167. The number of fused-ring (bicyclic) bond motifs is 1. The molecule has 0 bridgehead atoms. The van der Waals surface area contributed by atoms with Gasteiger partial charge in [0.15, 0.2) is 5.75 Å². The van der Waals surface area contributed by atoms with Crippen LogP contribution in [0.15, 0.2) is 22.0 Å². The van der Waals surface area contributed by atoms with Crippen molar-refractivity contribution in [3.05, 3.63) is 32.4 Å². The first-order chi connectivity index (χ1) is 14.7. The van der Waals surface area contributed by atoms with Crippen LogP contribution in [0, 0.1) is 0 Å². The van der Waals surface area contributed by atoms with Gasteiger partial charge >= 0.3 is 6.11 Å². The Morgan fingerprint density at radius 2 is 2.19 bits per heavy atom. The number of nitrogens with one attached hydrogen (secondary N) is 1. The van der Waals surface area contributed by atoms with Gasteiger partial charge < -0.3 is 29.5 Å². The number of anilines is 1. The number of ether oxygens (including phenoxy) is 3. The molecule has 0 saturated heterocycles. The van der Waals surface area contributed by atoms with Crippen molar-refractivity contribution in [1.29, 1.82) is 0 Å². The highest BCUT2D eigenvalue weighted by Gasteiger charge is 2.41. The molecular formula is C19H20BrClF2N2O5S. The molecule has 1 aromatic carbocycles. The second-order valence-electron chi connectivity index (χ2n) is 6.67. The van der Waals surface area contributed by atoms with Gasteiger partial charge in [0.2, 0.25) is 0 Å². The number of aliphatic hydroxyl groups is 1. The van der Waals surface area contributed by atoms with Crippen LogP contribution in [0.2, 0.25) is 0 Å². The lowest BCUT2D eigenvalue weighted by Gasteiger charge is -2.28. The number of thiophene rings is 1. The smallest absolute Gasteiger partial charge is 0.415 e. The molecule has 2 heterocycles. The molecule has 1 amide bonds. The van der Waals surface area contributed by atoms with Gasteiger partial charge in [0.25, 0.3) is 5.91 Å². The number of amides is 1. The van der Waals surface area contributed by atoms with Crippen molar-refractivity contribution in [3.8, 4) is 17.2 Å². The van der Waals surface area contributed by atoms with Crippen LogP contribution in [0.4, 0.5) is 14.5 Å². The molecule has 7 nitrogen and oxygen atoms in total. The van der Waals surface area contributed by atoms with E-state index in [-0.39, 0.29) is 39.1 Å². The number of methoxy groups -OCH3 is 2. The molecule has 0 unspecified atom stereocenters. The minimum Gasteiger partial charge on any atom is -0.497 e. The molecule has 31 heavy (non-hydrogen) atoms. The Kier molecular flexibility index (Phi) is 7.51. The number of aliphatic hydroxyl groups excluding tert-OH is 1. The van der Waals surface area contributed by atoms with Gasteiger partial charge in [-0.15, -0.1) is 22.9 Å². The highest BCUT2D eigenvalue weighted by molar-refractivity contribution is 9.11. The summed E-state index contributed by atoms with van der Waals surface area (Å²) in [6, 6.07) is 5.14. The first-order valence-electron chi connectivity index (χ1n) is 9.06. The molecule has 1 aromatic heterocycles. The van der Waals surface area contributed by atoms with E-state index in [9.17, 15) is 18.7 Å². The minimum absolute atomic E-state index is 0.0706. The molecule has 1 aliphatic rings. The zero-order chi connectivity index (χ0) is 22.8. The van der Waals surface area contributed by atoms with Crippen molar-refractivity contribution in [2.24, 2.45) is 0 Å². The van der Waals surface area contributed by atoms with Gasteiger partial charge in [-0.1, -0.05) is 0 Å². The third kappa shape index (κ3) is 5.33. The predicted octanol–water partition coefficient (Wildman–Crippen LogP) is 4.17. The van der Waals surface area contributed by atoms with Crippen molar-refractivity contribution < 1.29 is 32.9 Å². The number of halogens is 4. The Balaban J connectivity index is 1.94. The highest BCUT2D eigenvalue weighted by Crippen LogP contribution is 2.48. The topological polar surface area (TPSA) is 80.3 Å². The van der Waals surface area contributed by atoms with Gasteiger partial charge in [-0.3, -0.25) is 4.79 Å². The molecule has 12 heteroatoms. The molecule has 0 aliphatic carbocycles. The quantitative estimate of drug-likeness (QED) is 0.489. The van der Waals surface area contributed by atoms with Gasteiger partial charge in [0.05, 0.1) is 26.2 Å². The Labute approximate surface area is 195 Å². The van der Waals surface area contributed by atoms with Crippen molar-refractivity contribution in [2.75, 3.05) is 38.5 Å². The SMILES string of the molecule is COc1ccc(CN(C[C@@H](O)CCl)C(=O)c2sc(Br)c3c2NCC(F)(F)O3)c(OC)c1. The maximum Gasteiger partial charge on any atom is 0.415 e. The Morgan fingerprint density at radius 1 is 1.45 bits per heavy atom. The summed E-state index contributed by atoms with van der Waals surface area (Å²) in [5.41, 5.74) is 0.846. The number of hydrogen-bond donors (Lipinski definition) is 2. The van der Waals surface area contributed by atoms with Gasteiger partial charge in [0, 0.05) is 24.7 Å². The average molecular weight is 542 g/mol. The number of rotatable bonds is 8. The Bertz CT molecular complexity index is 962. The van der Waals surface area contributed by atoms with E-state index in [0.29, 0.717) is 17.1 Å². The number of alkyl halides is 3. The van der Waals surface area contributed by atoms with E-state index in [1.807, 2.05) is 0 Å². The molecule has 0 fully saturated rings. The van der Waals surface area contributed by atoms with Gasteiger partial charge in [-0.05, 0) is 28.1 Å². The first-order valence-corrected chi connectivity index (χ1v) is 11.2. The van der Waals surface area contributed by atoms with Crippen molar-refractivity contribution >= 4 is 50.5 Å². The van der Waals surface area contributed by atoms with Crippen LogP contribution < -0.4 is 19.5 Å². The zero-order valence-electron chi connectivity index (χ0n) is 16.6. The second kappa shape index (κ2) is 9.76. The van der Waals surface area contributed by atoms with E-state index < -0.39 is 24.7 Å². The zero-order valence-corrected chi connectivity index (χ0v) is 19.7. The largest absolute Gasteiger partial charge is 0.497 e. The van der Waals surface area contributed by atoms with Crippen LogP contribution in [0.1, 0.15) is 15.2 Å². The minimum atomic E-state index is -3.39. The number of carbonyl (C=O) groups excluding carboxylic acids is 1. The van der Waals surface area contributed by atoms with E-state index in [4.69, 9.17) is 25.8 Å². The summed E-state index contributed by atoms with van der Waals surface area (Å²) < 4.78 is 42.8. The summed E-state index contributed by atoms with van der Waals surface area (Å²) in [4.78, 5) is 14.9. The molecular weight excluding hydrogens is 522 g/mol. The van der Waals surface area contributed by atoms with E-state index >= 15 is 0 Å². The maximum absolute atomic E-state index is 13.6. The van der Waals surface area contributed by atoms with Crippen LogP contribution in [0.3, 0.4) is 0 Å². The van der Waals surface area contributed by atoms with Crippen LogP contribution in [0.25, 0.3) is 0 Å². The van der Waals surface area contributed by atoms with E-state index in [1.54, 1.807) is 18.2 Å². The van der Waals surface area contributed by atoms with Gasteiger partial charge in [-0.2, -0.15) is 8.78 Å². The molecule has 1 atom stereocenters. The van der Waals surface area contributed by atoms with Crippen LogP contribution in [-0.4, -0.2) is 61.3 Å². The average Bonchev–Trinajstić information content (AvgIpc) is 3.07. The third-order valence-corrected chi connectivity index (χ3v) is 6.64. The lowest BCUT2D eigenvalue weighted by atomic mass is 10.1. The molecule has 0 radical (unpaired) electrons. The highest BCUT2D eigenvalue weighted by atomic mass is 79.9. The summed E-state index contributed by atoms with van der Waals surface area (Å²) in [7, 11) is 3.02. The van der Waals surface area contributed by atoms with Gasteiger partial charge in [0.1, 0.15) is 32.4 Å². The molecule has 2 N–H and O–H groups in total. The lowest BCUT2D eigenvalue weighted by Crippen LogP contribution is -2.39. The van der Waals surface area contributed by atoms with Crippen LogP contribution in [0.5, 0.6) is 17.2 Å². The fourth-order valence-corrected chi connectivity index (χ4v) is 4.78. The summed E-state index contributed by atoms with van der Waals surface area (Å²) in [6.07, 6.45) is -4.37. The fourth-order valence-electron chi connectivity index (χ4n) is 3.02. The summed E-state index contributed by atoms with van der Waals surface area (Å²) in [5, 5.41) is 12.7. The van der Waals surface area contributed by atoms with Crippen molar-refractivity contribution in [1.82, 2.24) is 4.90 Å². The Hall–Kier alpha value is -1.82. The van der Waals surface area contributed by atoms with E-state index in [0.717, 1.165) is 11.3 Å². The third-order valence-electron chi connectivity index (χ3n) is 4.49. The molecule has 170 valence electrons.